The first-order chi connectivity index (χ1) is 17.3. The second kappa shape index (κ2) is 10.5. The first kappa shape index (κ1) is 25.2. The second-order valence-corrected chi connectivity index (χ2v) is 11.4. The molecule has 1 aliphatic carbocycles. The molecule has 3 aromatic rings. The largest absolute Gasteiger partial charge is 0.390 e. The predicted molar refractivity (Wildman–Crippen MR) is 146 cm³/mol. The third kappa shape index (κ3) is 5.58. The van der Waals surface area contributed by atoms with Gasteiger partial charge in [-0.25, -0.2) is 9.50 Å². The Morgan fingerprint density at radius 2 is 1.81 bits per heavy atom. The summed E-state index contributed by atoms with van der Waals surface area (Å²) in [5, 5.41) is 18.9. The molecule has 1 atom stereocenters. The average molecular weight is 491 g/mol. The van der Waals surface area contributed by atoms with E-state index in [1.54, 1.807) is 0 Å². The van der Waals surface area contributed by atoms with Crippen LogP contribution in [0.1, 0.15) is 70.1 Å². The van der Waals surface area contributed by atoms with Crippen LogP contribution in [0, 0.1) is 0 Å². The molecule has 2 N–H and O–H groups in total. The van der Waals surface area contributed by atoms with E-state index in [4.69, 9.17) is 5.10 Å². The molecule has 0 spiro atoms. The van der Waals surface area contributed by atoms with Crippen LogP contribution in [-0.2, 0) is 6.54 Å². The van der Waals surface area contributed by atoms with Gasteiger partial charge in [0.25, 0.3) is 0 Å². The van der Waals surface area contributed by atoms with Crippen LogP contribution in [0.2, 0.25) is 0 Å². The molecule has 2 fully saturated rings. The molecular weight excluding hydrogens is 448 g/mol. The van der Waals surface area contributed by atoms with E-state index in [1.807, 2.05) is 13.1 Å². The number of hydrogen-bond acceptors (Lipinski definition) is 6. The summed E-state index contributed by atoms with van der Waals surface area (Å²) >= 11 is 0. The van der Waals surface area contributed by atoms with Crippen molar-refractivity contribution >= 4 is 11.5 Å². The standard InChI is InChI=1S/C29H42N6O/c1-5-21(2)31-28-30-19-27-25(18-26(35(27)32-28)24-10-12-29(3,36)13-11-24)23-8-6-22(7-9-23)20-34-16-14-33(4)15-17-34/h6-9,18-19,21,24,36H,5,10-17,20H2,1-4H3,(H,31,32)/t21-,24-,29-/m0/s1. The van der Waals surface area contributed by atoms with E-state index >= 15 is 0 Å². The fraction of sp³-hybridized carbons (Fsp3) is 0.586. The Bertz CT molecular complexity index is 1150. The number of benzene rings is 1. The van der Waals surface area contributed by atoms with Gasteiger partial charge in [0.15, 0.2) is 0 Å². The SMILES string of the molecule is CC[C@H](C)Nc1ncc2c(-c3ccc(CN4CCN(C)CC4)cc3)cc([C@H]3CC[C@](C)(O)CC3)n2n1. The zero-order valence-corrected chi connectivity index (χ0v) is 22.4. The van der Waals surface area contributed by atoms with Gasteiger partial charge in [-0.3, -0.25) is 4.90 Å². The lowest BCUT2D eigenvalue weighted by molar-refractivity contribution is 0.0167. The number of nitrogens with zero attached hydrogens (tertiary/aromatic N) is 5. The van der Waals surface area contributed by atoms with Gasteiger partial charge in [-0.2, -0.15) is 0 Å². The van der Waals surface area contributed by atoms with E-state index in [9.17, 15) is 5.11 Å². The van der Waals surface area contributed by atoms with Crippen molar-refractivity contribution in [2.45, 2.75) is 77.0 Å². The monoisotopic (exact) mass is 490 g/mol. The molecule has 5 rings (SSSR count). The molecule has 0 bridgehead atoms. The van der Waals surface area contributed by atoms with Gasteiger partial charge in [0.2, 0.25) is 5.95 Å². The highest BCUT2D eigenvalue weighted by atomic mass is 16.3. The first-order valence-electron chi connectivity index (χ1n) is 13.7. The van der Waals surface area contributed by atoms with Crippen molar-refractivity contribution in [1.82, 2.24) is 24.4 Å². The summed E-state index contributed by atoms with van der Waals surface area (Å²) in [5.74, 6) is 1.06. The number of rotatable bonds is 7. The number of nitrogens with one attached hydrogen (secondary N) is 1. The van der Waals surface area contributed by atoms with Crippen LogP contribution < -0.4 is 5.32 Å². The van der Waals surface area contributed by atoms with Gasteiger partial charge in [0.05, 0.1) is 17.3 Å². The van der Waals surface area contributed by atoms with Gasteiger partial charge >= 0.3 is 0 Å². The summed E-state index contributed by atoms with van der Waals surface area (Å²) in [7, 11) is 2.20. The molecule has 7 heteroatoms. The molecule has 7 nitrogen and oxygen atoms in total. The minimum absolute atomic E-state index is 0.318. The molecule has 0 radical (unpaired) electrons. The molecule has 1 aromatic carbocycles. The van der Waals surface area contributed by atoms with E-state index in [2.05, 4.69) is 75.8 Å². The summed E-state index contributed by atoms with van der Waals surface area (Å²) < 4.78 is 2.11. The lowest BCUT2D eigenvalue weighted by Crippen LogP contribution is -2.43. The minimum Gasteiger partial charge on any atom is -0.390 e. The van der Waals surface area contributed by atoms with Crippen LogP contribution in [0.15, 0.2) is 36.5 Å². The van der Waals surface area contributed by atoms with Crippen LogP contribution in [0.3, 0.4) is 0 Å². The second-order valence-electron chi connectivity index (χ2n) is 11.4. The number of aliphatic hydroxyl groups is 1. The Labute approximate surface area is 215 Å². The zero-order valence-electron chi connectivity index (χ0n) is 22.4. The van der Waals surface area contributed by atoms with Gasteiger partial charge < -0.3 is 15.3 Å². The number of piperazine rings is 1. The van der Waals surface area contributed by atoms with Crippen LogP contribution in [0.25, 0.3) is 16.6 Å². The van der Waals surface area contributed by atoms with Crippen LogP contribution in [0.5, 0.6) is 0 Å². The van der Waals surface area contributed by atoms with Gasteiger partial charge in [-0.1, -0.05) is 31.2 Å². The lowest BCUT2D eigenvalue weighted by atomic mass is 9.78. The Balaban J connectivity index is 1.44. The highest BCUT2D eigenvalue weighted by Gasteiger charge is 2.31. The van der Waals surface area contributed by atoms with Gasteiger partial charge in [-0.05, 0) is 70.2 Å². The fourth-order valence-electron chi connectivity index (χ4n) is 5.51. The molecule has 1 aliphatic heterocycles. The molecule has 1 saturated heterocycles. The van der Waals surface area contributed by atoms with Crippen molar-refractivity contribution in [2.75, 3.05) is 38.5 Å². The summed E-state index contributed by atoms with van der Waals surface area (Å²) in [6, 6.07) is 11.7. The summed E-state index contributed by atoms with van der Waals surface area (Å²) in [6.45, 7) is 11.8. The maximum absolute atomic E-state index is 10.5. The average Bonchev–Trinajstić information content (AvgIpc) is 3.24. The Hall–Kier alpha value is -2.48. The summed E-state index contributed by atoms with van der Waals surface area (Å²) in [6.07, 6.45) is 6.58. The number of hydrogen-bond donors (Lipinski definition) is 2. The fourth-order valence-corrected chi connectivity index (χ4v) is 5.51. The van der Waals surface area contributed by atoms with Crippen molar-refractivity contribution in [3.8, 4) is 11.1 Å². The molecule has 36 heavy (non-hydrogen) atoms. The zero-order chi connectivity index (χ0) is 25.3. The van der Waals surface area contributed by atoms with E-state index in [-0.39, 0.29) is 0 Å². The molecular formula is C29H42N6O. The molecule has 194 valence electrons. The van der Waals surface area contributed by atoms with E-state index in [0.717, 1.165) is 70.3 Å². The third-order valence-corrected chi connectivity index (χ3v) is 8.28. The predicted octanol–water partition coefficient (Wildman–Crippen LogP) is 4.76. The van der Waals surface area contributed by atoms with Crippen molar-refractivity contribution in [1.29, 1.82) is 0 Å². The Morgan fingerprint density at radius 1 is 1.11 bits per heavy atom. The van der Waals surface area contributed by atoms with E-state index in [0.29, 0.717) is 17.9 Å². The number of aromatic nitrogens is 3. The van der Waals surface area contributed by atoms with Crippen molar-refractivity contribution in [3.63, 3.8) is 0 Å². The third-order valence-electron chi connectivity index (χ3n) is 8.28. The number of likely N-dealkylation sites (N-methyl/N-ethyl adjacent to an activating group) is 1. The van der Waals surface area contributed by atoms with Crippen molar-refractivity contribution < 1.29 is 5.11 Å². The Morgan fingerprint density at radius 3 is 2.47 bits per heavy atom. The van der Waals surface area contributed by atoms with Gasteiger partial charge in [0.1, 0.15) is 0 Å². The molecule has 2 aliphatic rings. The molecule has 1 saturated carbocycles. The highest BCUT2D eigenvalue weighted by molar-refractivity contribution is 5.81. The lowest BCUT2D eigenvalue weighted by Gasteiger charge is -2.32. The van der Waals surface area contributed by atoms with E-state index in [1.165, 1.54) is 22.4 Å². The number of fused-ring (bicyclic) bond motifs is 1. The molecule has 0 amide bonds. The molecule has 2 aromatic heterocycles. The maximum atomic E-state index is 10.5. The molecule has 0 unspecified atom stereocenters. The van der Waals surface area contributed by atoms with Crippen LogP contribution in [-0.4, -0.2) is 74.4 Å². The summed E-state index contributed by atoms with van der Waals surface area (Å²) in [4.78, 5) is 9.61. The number of anilines is 1. The highest BCUT2D eigenvalue weighted by Crippen LogP contribution is 2.40. The topological polar surface area (TPSA) is 68.9 Å². The normalized spacial score (nSPS) is 24.8. The van der Waals surface area contributed by atoms with Crippen molar-refractivity contribution in [2.24, 2.45) is 0 Å². The molecule has 3 heterocycles. The minimum atomic E-state index is -0.551. The van der Waals surface area contributed by atoms with Crippen LogP contribution in [0.4, 0.5) is 5.95 Å². The smallest absolute Gasteiger partial charge is 0.241 e. The van der Waals surface area contributed by atoms with Gasteiger partial charge in [0, 0.05) is 55.9 Å². The summed E-state index contributed by atoms with van der Waals surface area (Å²) in [5.41, 5.74) is 5.47. The van der Waals surface area contributed by atoms with E-state index < -0.39 is 5.60 Å². The van der Waals surface area contributed by atoms with Crippen molar-refractivity contribution in [3.05, 3.63) is 47.8 Å². The quantitative estimate of drug-likeness (QED) is 0.498. The Kier molecular flexibility index (Phi) is 7.33. The van der Waals surface area contributed by atoms with Crippen LogP contribution >= 0.6 is 0 Å². The first-order valence-corrected chi connectivity index (χ1v) is 13.7. The maximum Gasteiger partial charge on any atom is 0.241 e. The van der Waals surface area contributed by atoms with Gasteiger partial charge in [-0.15, -0.1) is 5.10 Å².